The number of halogens is 2. The highest BCUT2D eigenvalue weighted by molar-refractivity contribution is 6.30. The van der Waals surface area contributed by atoms with E-state index in [0.717, 1.165) is 17.9 Å². The molecule has 2 rings (SSSR count). The average molecular weight is 337 g/mol. The minimum atomic E-state index is -0.737. The van der Waals surface area contributed by atoms with Crippen molar-refractivity contribution in [2.75, 3.05) is 7.11 Å². The lowest BCUT2D eigenvalue weighted by Gasteiger charge is -2.15. The highest BCUT2D eigenvalue weighted by Gasteiger charge is 2.19. The van der Waals surface area contributed by atoms with Crippen molar-refractivity contribution in [3.63, 3.8) is 0 Å². The largest absolute Gasteiger partial charge is 0.497 e. The summed E-state index contributed by atoms with van der Waals surface area (Å²) in [6, 6.07) is 15.1. The molecule has 0 N–H and O–H groups in total. The van der Waals surface area contributed by atoms with Crippen LogP contribution in [-0.2, 0) is 6.42 Å². The van der Waals surface area contributed by atoms with Gasteiger partial charge in [0, 0.05) is 5.02 Å². The number of aryl methyl sites for hydroxylation is 1. The van der Waals surface area contributed by atoms with Gasteiger partial charge in [-0.05, 0) is 61.7 Å². The summed E-state index contributed by atoms with van der Waals surface area (Å²) < 4.78 is 5.14. The van der Waals surface area contributed by atoms with Gasteiger partial charge >= 0.3 is 0 Å². The van der Waals surface area contributed by atoms with Crippen LogP contribution in [-0.4, -0.2) is 12.1 Å². The molecule has 5 heteroatoms. The first-order chi connectivity index (χ1) is 10.5. The fourth-order valence-electron chi connectivity index (χ4n) is 1.88. The molecule has 0 aliphatic carbocycles. The molecule has 0 saturated heterocycles. The van der Waals surface area contributed by atoms with Crippen LogP contribution in [0, 0.1) is 0 Å². The van der Waals surface area contributed by atoms with Crippen LogP contribution in [0.4, 0.5) is 5.69 Å². The summed E-state index contributed by atoms with van der Waals surface area (Å²) >= 11 is 12.2. The van der Waals surface area contributed by atoms with Gasteiger partial charge in [0.2, 0.25) is 0 Å². The van der Waals surface area contributed by atoms with Crippen LogP contribution in [0.15, 0.2) is 58.8 Å². The summed E-state index contributed by atoms with van der Waals surface area (Å²) in [5.74, 6) is 0.847. The van der Waals surface area contributed by atoms with Gasteiger partial charge in [0.05, 0.1) is 12.8 Å². The van der Waals surface area contributed by atoms with E-state index in [1.54, 1.807) is 19.2 Å². The lowest BCUT2D eigenvalue weighted by atomic mass is 10.1. The molecule has 0 spiro atoms. The molecule has 0 aliphatic heterocycles. The van der Waals surface area contributed by atoms with Crippen molar-refractivity contribution in [3.05, 3.63) is 59.1 Å². The number of azo groups is 1. The normalized spacial score (nSPS) is 14.0. The van der Waals surface area contributed by atoms with Gasteiger partial charge in [-0.1, -0.05) is 35.3 Å². The number of ether oxygens (including phenoxy) is 1. The van der Waals surface area contributed by atoms with Gasteiger partial charge in [0.1, 0.15) is 5.75 Å². The molecule has 0 bridgehead atoms. The summed E-state index contributed by atoms with van der Waals surface area (Å²) in [6.45, 7) is 1.86. The van der Waals surface area contributed by atoms with E-state index in [-0.39, 0.29) is 0 Å². The highest BCUT2D eigenvalue weighted by atomic mass is 35.5. The first-order valence-corrected chi connectivity index (χ1v) is 7.74. The van der Waals surface area contributed by atoms with E-state index in [9.17, 15) is 0 Å². The standard InChI is InChI=1S/C17H18Cl2N2O/c1-17(19,21-20-15-7-5-14(18)6-8-15)12-11-13-3-9-16(22-2)10-4-13/h3-10H,11-12H2,1-2H3. The molecule has 0 heterocycles. The molecule has 1 unspecified atom stereocenters. The third-order valence-corrected chi connectivity index (χ3v) is 3.75. The van der Waals surface area contributed by atoms with E-state index in [1.807, 2.05) is 43.3 Å². The Morgan fingerprint density at radius 1 is 1.05 bits per heavy atom. The van der Waals surface area contributed by atoms with Crippen molar-refractivity contribution in [2.45, 2.75) is 24.8 Å². The number of nitrogens with zero attached hydrogens (tertiary/aromatic N) is 2. The van der Waals surface area contributed by atoms with Gasteiger partial charge in [-0.25, -0.2) is 0 Å². The molecular weight excluding hydrogens is 319 g/mol. The van der Waals surface area contributed by atoms with Crippen LogP contribution >= 0.6 is 23.2 Å². The zero-order valence-corrected chi connectivity index (χ0v) is 14.1. The maximum absolute atomic E-state index is 6.41. The first kappa shape index (κ1) is 16.8. The summed E-state index contributed by atoms with van der Waals surface area (Å²) in [6.07, 6.45) is 1.52. The Hall–Kier alpha value is -1.58. The number of rotatable bonds is 6. The Morgan fingerprint density at radius 2 is 1.68 bits per heavy atom. The van der Waals surface area contributed by atoms with Crippen LogP contribution in [0.25, 0.3) is 0 Å². The van der Waals surface area contributed by atoms with Gasteiger partial charge in [-0.2, -0.15) is 10.2 Å². The quantitative estimate of drug-likeness (QED) is 0.360. The number of alkyl halides is 1. The van der Waals surface area contributed by atoms with E-state index in [2.05, 4.69) is 10.2 Å². The van der Waals surface area contributed by atoms with Gasteiger partial charge in [-0.15, -0.1) is 0 Å². The lowest BCUT2D eigenvalue weighted by Crippen LogP contribution is -2.13. The SMILES string of the molecule is COc1ccc(CCC(C)(Cl)N=Nc2ccc(Cl)cc2)cc1. The van der Waals surface area contributed by atoms with Gasteiger partial charge in [0.15, 0.2) is 5.00 Å². The Bertz CT molecular complexity index is 622. The number of hydrogen-bond acceptors (Lipinski definition) is 3. The molecule has 0 saturated carbocycles. The van der Waals surface area contributed by atoms with E-state index in [0.29, 0.717) is 11.4 Å². The van der Waals surface area contributed by atoms with Crippen LogP contribution in [0.2, 0.25) is 5.02 Å². The third-order valence-electron chi connectivity index (χ3n) is 3.23. The topological polar surface area (TPSA) is 34.0 Å². The maximum atomic E-state index is 6.41. The third kappa shape index (κ3) is 5.32. The van der Waals surface area contributed by atoms with Gasteiger partial charge < -0.3 is 4.74 Å². The minimum absolute atomic E-state index is 0.673. The fraction of sp³-hybridized carbons (Fsp3) is 0.294. The molecule has 0 amide bonds. The molecule has 3 nitrogen and oxygen atoms in total. The number of hydrogen-bond donors (Lipinski definition) is 0. The summed E-state index contributed by atoms with van der Waals surface area (Å²) in [5.41, 5.74) is 1.93. The van der Waals surface area contributed by atoms with E-state index in [4.69, 9.17) is 27.9 Å². The number of benzene rings is 2. The molecule has 2 aromatic rings. The van der Waals surface area contributed by atoms with Crippen molar-refractivity contribution in [2.24, 2.45) is 10.2 Å². The Morgan fingerprint density at radius 3 is 2.27 bits per heavy atom. The van der Waals surface area contributed by atoms with Crippen molar-refractivity contribution in [1.82, 2.24) is 0 Å². The average Bonchev–Trinajstić information content (AvgIpc) is 2.53. The predicted molar refractivity (Wildman–Crippen MR) is 91.5 cm³/mol. The van der Waals surface area contributed by atoms with Gasteiger partial charge in [0.25, 0.3) is 0 Å². The Balaban J connectivity index is 1.93. The van der Waals surface area contributed by atoms with Crippen LogP contribution in [0.5, 0.6) is 5.75 Å². The zero-order valence-electron chi connectivity index (χ0n) is 12.6. The predicted octanol–water partition coefficient (Wildman–Crippen LogP) is 6.02. The van der Waals surface area contributed by atoms with Crippen molar-refractivity contribution >= 4 is 28.9 Å². The van der Waals surface area contributed by atoms with Crippen LogP contribution < -0.4 is 4.74 Å². The minimum Gasteiger partial charge on any atom is -0.497 e. The fourth-order valence-corrected chi connectivity index (χ4v) is 2.14. The maximum Gasteiger partial charge on any atom is 0.152 e. The molecule has 0 aromatic heterocycles. The second-order valence-corrected chi connectivity index (χ2v) is 6.42. The zero-order chi connectivity index (χ0) is 16.0. The molecule has 0 radical (unpaired) electrons. The Labute approximate surface area is 140 Å². The van der Waals surface area contributed by atoms with Gasteiger partial charge in [-0.3, -0.25) is 0 Å². The lowest BCUT2D eigenvalue weighted by molar-refractivity contribution is 0.414. The van der Waals surface area contributed by atoms with E-state index >= 15 is 0 Å². The monoisotopic (exact) mass is 336 g/mol. The molecule has 116 valence electrons. The second kappa shape index (κ2) is 7.61. The second-order valence-electron chi connectivity index (χ2n) is 5.17. The smallest absolute Gasteiger partial charge is 0.152 e. The summed E-state index contributed by atoms with van der Waals surface area (Å²) in [5, 5.41) is 9.07. The molecule has 1 atom stereocenters. The van der Waals surface area contributed by atoms with Crippen molar-refractivity contribution in [3.8, 4) is 5.75 Å². The van der Waals surface area contributed by atoms with E-state index in [1.165, 1.54) is 5.56 Å². The molecule has 0 fully saturated rings. The molecular formula is C17H18Cl2N2O. The van der Waals surface area contributed by atoms with Crippen LogP contribution in [0.3, 0.4) is 0 Å². The number of methoxy groups -OCH3 is 1. The highest BCUT2D eigenvalue weighted by Crippen LogP contribution is 2.27. The van der Waals surface area contributed by atoms with Crippen LogP contribution in [0.1, 0.15) is 18.9 Å². The summed E-state index contributed by atoms with van der Waals surface area (Å²) in [4.78, 5) is -0.737. The molecule has 0 aliphatic rings. The Kier molecular flexibility index (Phi) is 5.81. The molecule has 22 heavy (non-hydrogen) atoms. The summed E-state index contributed by atoms with van der Waals surface area (Å²) in [7, 11) is 1.65. The first-order valence-electron chi connectivity index (χ1n) is 6.99. The van der Waals surface area contributed by atoms with Crippen molar-refractivity contribution < 1.29 is 4.74 Å². The van der Waals surface area contributed by atoms with Crippen molar-refractivity contribution in [1.29, 1.82) is 0 Å². The van der Waals surface area contributed by atoms with E-state index < -0.39 is 5.00 Å². The molecule has 2 aromatic carbocycles.